The Morgan fingerprint density at radius 2 is 1.55 bits per heavy atom. The highest BCUT2D eigenvalue weighted by Crippen LogP contribution is 2.48. The van der Waals surface area contributed by atoms with E-state index in [9.17, 15) is 9.59 Å². The van der Waals surface area contributed by atoms with Crippen molar-refractivity contribution in [1.29, 1.82) is 0 Å². The fraction of sp³-hybridized carbons (Fsp3) is 0.314. The van der Waals surface area contributed by atoms with Crippen molar-refractivity contribution in [2.75, 3.05) is 0 Å². The summed E-state index contributed by atoms with van der Waals surface area (Å²) in [4.78, 5) is 27.8. The van der Waals surface area contributed by atoms with Gasteiger partial charge in [0, 0.05) is 29.0 Å². The Morgan fingerprint density at radius 1 is 0.875 bits per heavy atom. The number of allylic oxidation sites excluding steroid dienone is 3. The van der Waals surface area contributed by atoms with Crippen LogP contribution in [0.15, 0.2) is 107 Å². The minimum atomic E-state index is -0.554. The van der Waals surface area contributed by atoms with Crippen LogP contribution in [0.2, 0.25) is 0 Å². The van der Waals surface area contributed by atoms with Gasteiger partial charge in [0.1, 0.15) is 18.5 Å². The van der Waals surface area contributed by atoms with E-state index in [1.165, 1.54) is 0 Å². The van der Waals surface area contributed by atoms with Crippen molar-refractivity contribution in [2.24, 2.45) is 0 Å². The molecular weight excluding hydrogens is 498 g/mol. The largest absolute Gasteiger partial charge is 0.489 e. The third kappa shape index (κ3) is 5.33. The van der Waals surface area contributed by atoms with Crippen molar-refractivity contribution in [1.82, 2.24) is 5.32 Å². The van der Waals surface area contributed by atoms with Gasteiger partial charge in [0.2, 0.25) is 0 Å². The SMILES string of the molecule is CC1=C(C(=O)OC2CCCC2)[C@@H](c2ccccc2OCc2ccccc2)C2=C(C[C@H](c3ccccc3)CC2=O)N1. The number of rotatable bonds is 7. The first kappa shape index (κ1) is 26.1. The van der Waals surface area contributed by atoms with E-state index in [1.54, 1.807) is 0 Å². The zero-order valence-corrected chi connectivity index (χ0v) is 22.9. The highest BCUT2D eigenvalue weighted by Gasteiger charge is 2.43. The highest BCUT2D eigenvalue weighted by molar-refractivity contribution is 6.04. The minimum Gasteiger partial charge on any atom is -0.489 e. The van der Waals surface area contributed by atoms with Crippen molar-refractivity contribution in [2.45, 2.75) is 70.0 Å². The van der Waals surface area contributed by atoms with Gasteiger partial charge in [-0.25, -0.2) is 4.79 Å². The van der Waals surface area contributed by atoms with Crippen molar-refractivity contribution >= 4 is 11.8 Å². The second kappa shape index (κ2) is 11.5. The van der Waals surface area contributed by atoms with Gasteiger partial charge in [0.25, 0.3) is 0 Å². The molecule has 0 spiro atoms. The first-order valence-corrected chi connectivity index (χ1v) is 14.3. The predicted molar refractivity (Wildman–Crippen MR) is 155 cm³/mol. The van der Waals surface area contributed by atoms with Crippen LogP contribution in [-0.2, 0) is 20.9 Å². The zero-order valence-electron chi connectivity index (χ0n) is 22.9. The van der Waals surface area contributed by atoms with E-state index in [4.69, 9.17) is 9.47 Å². The van der Waals surface area contributed by atoms with Crippen LogP contribution in [0.25, 0.3) is 0 Å². The molecule has 0 radical (unpaired) electrons. The number of hydrogen-bond acceptors (Lipinski definition) is 5. The molecule has 3 aliphatic rings. The summed E-state index contributed by atoms with van der Waals surface area (Å²) >= 11 is 0. The molecule has 1 aliphatic heterocycles. The van der Waals surface area contributed by atoms with Crippen LogP contribution in [0, 0.1) is 0 Å². The average Bonchev–Trinajstić information content (AvgIpc) is 3.49. The van der Waals surface area contributed by atoms with Crippen LogP contribution in [0.3, 0.4) is 0 Å². The molecule has 1 N–H and O–H groups in total. The van der Waals surface area contributed by atoms with E-state index < -0.39 is 5.92 Å². The first-order chi connectivity index (χ1) is 19.6. The molecule has 2 atom stereocenters. The Balaban J connectivity index is 1.40. The van der Waals surface area contributed by atoms with Crippen LogP contribution >= 0.6 is 0 Å². The van der Waals surface area contributed by atoms with Gasteiger partial charge >= 0.3 is 5.97 Å². The maximum absolute atomic E-state index is 14.0. The molecule has 1 heterocycles. The first-order valence-electron chi connectivity index (χ1n) is 14.3. The Kier molecular flexibility index (Phi) is 7.54. The number of Topliss-reactive ketones (excluding diaryl/α,β-unsaturated/α-hetero) is 1. The average molecular weight is 534 g/mol. The molecule has 0 amide bonds. The van der Waals surface area contributed by atoms with E-state index in [2.05, 4.69) is 17.4 Å². The number of benzene rings is 3. The van der Waals surface area contributed by atoms with E-state index in [1.807, 2.05) is 79.7 Å². The van der Waals surface area contributed by atoms with Gasteiger partial charge in [-0.1, -0.05) is 78.9 Å². The fourth-order valence-corrected chi connectivity index (χ4v) is 6.39. The lowest BCUT2D eigenvalue weighted by Gasteiger charge is -2.37. The Morgan fingerprint density at radius 3 is 2.30 bits per heavy atom. The van der Waals surface area contributed by atoms with Gasteiger partial charge < -0.3 is 14.8 Å². The summed E-state index contributed by atoms with van der Waals surface area (Å²) in [5.41, 5.74) is 5.82. The van der Waals surface area contributed by atoms with E-state index >= 15 is 0 Å². The second-order valence-electron chi connectivity index (χ2n) is 11.1. The summed E-state index contributed by atoms with van der Waals surface area (Å²) in [6.45, 7) is 2.31. The van der Waals surface area contributed by atoms with Crippen molar-refractivity contribution in [3.8, 4) is 5.75 Å². The number of nitrogens with one attached hydrogen (secondary N) is 1. The van der Waals surface area contributed by atoms with E-state index in [0.717, 1.165) is 53.8 Å². The molecule has 1 saturated carbocycles. The number of ether oxygens (including phenoxy) is 2. The number of dihydropyridines is 1. The van der Waals surface area contributed by atoms with Gasteiger partial charge in [-0.05, 0) is 62.1 Å². The van der Waals surface area contributed by atoms with Crippen molar-refractivity contribution in [3.63, 3.8) is 0 Å². The number of carbonyl (C=O) groups is 2. The van der Waals surface area contributed by atoms with Crippen LogP contribution < -0.4 is 10.1 Å². The Hall–Kier alpha value is -4.12. The zero-order chi connectivity index (χ0) is 27.5. The van der Waals surface area contributed by atoms with Crippen LogP contribution in [0.4, 0.5) is 0 Å². The van der Waals surface area contributed by atoms with Crippen molar-refractivity contribution < 1.29 is 19.1 Å². The lowest BCUT2D eigenvalue weighted by molar-refractivity contribution is -0.144. The molecule has 2 aliphatic carbocycles. The molecule has 40 heavy (non-hydrogen) atoms. The second-order valence-corrected chi connectivity index (χ2v) is 11.1. The van der Waals surface area contributed by atoms with E-state index in [-0.39, 0.29) is 23.8 Å². The van der Waals surface area contributed by atoms with Gasteiger partial charge in [0.05, 0.1) is 11.5 Å². The molecule has 204 valence electrons. The molecule has 5 nitrogen and oxygen atoms in total. The lowest BCUT2D eigenvalue weighted by Crippen LogP contribution is -2.36. The Bertz CT molecular complexity index is 1450. The van der Waals surface area contributed by atoms with E-state index in [0.29, 0.717) is 36.3 Å². The monoisotopic (exact) mass is 533 g/mol. The highest BCUT2D eigenvalue weighted by atomic mass is 16.5. The maximum Gasteiger partial charge on any atom is 0.337 e. The van der Waals surface area contributed by atoms with Crippen LogP contribution in [0.1, 0.15) is 74.0 Å². The quantitative estimate of drug-likeness (QED) is 0.328. The summed E-state index contributed by atoms with van der Waals surface area (Å²) < 4.78 is 12.4. The summed E-state index contributed by atoms with van der Waals surface area (Å²) in [5, 5.41) is 3.48. The minimum absolute atomic E-state index is 0.0594. The van der Waals surface area contributed by atoms with Gasteiger partial charge in [0.15, 0.2) is 5.78 Å². The molecule has 3 aromatic rings. The molecule has 6 rings (SSSR count). The molecular formula is C35H35NO4. The predicted octanol–water partition coefficient (Wildman–Crippen LogP) is 7.11. The fourth-order valence-electron chi connectivity index (χ4n) is 6.39. The van der Waals surface area contributed by atoms with Crippen molar-refractivity contribution in [3.05, 3.63) is 124 Å². The molecule has 1 fully saturated rings. The van der Waals surface area contributed by atoms with Gasteiger partial charge in [-0.15, -0.1) is 0 Å². The third-order valence-electron chi connectivity index (χ3n) is 8.36. The summed E-state index contributed by atoms with van der Waals surface area (Å²) in [5.74, 6) is -0.0817. The molecule has 0 aromatic heterocycles. The smallest absolute Gasteiger partial charge is 0.337 e. The number of esters is 1. The topological polar surface area (TPSA) is 64.6 Å². The maximum atomic E-state index is 14.0. The molecule has 0 bridgehead atoms. The number of carbonyl (C=O) groups excluding carboxylic acids is 2. The molecule has 3 aromatic carbocycles. The summed E-state index contributed by atoms with van der Waals surface area (Å²) in [7, 11) is 0. The number of para-hydroxylation sites is 1. The van der Waals surface area contributed by atoms with Gasteiger partial charge in [-0.2, -0.15) is 0 Å². The molecule has 0 unspecified atom stereocenters. The van der Waals surface area contributed by atoms with Crippen LogP contribution in [0.5, 0.6) is 5.75 Å². The molecule has 0 saturated heterocycles. The number of ketones is 1. The summed E-state index contributed by atoms with van der Waals surface area (Å²) in [6.07, 6.45) is 4.95. The Labute approximate surface area is 235 Å². The number of hydrogen-bond donors (Lipinski definition) is 1. The normalized spacial score (nSPS) is 21.2. The van der Waals surface area contributed by atoms with Gasteiger partial charge in [-0.3, -0.25) is 4.79 Å². The lowest BCUT2D eigenvalue weighted by atomic mass is 9.71. The summed E-state index contributed by atoms with van der Waals surface area (Å²) in [6, 6.07) is 28.0. The third-order valence-corrected chi connectivity index (χ3v) is 8.36. The van der Waals surface area contributed by atoms with Crippen LogP contribution in [-0.4, -0.2) is 17.9 Å². The molecule has 5 heteroatoms. The standard InChI is InChI=1S/C35H35NO4/c1-23-32(35(38)40-27-16-8-9-17-27)33(28-18-10-11-19-31(28)39-22-24-12-4-2-5-13-24)34-29(36-23)20-26(21-30(34)37)25-14-6-3-7-15-25/h2-7,10-15,18-19,26-27,33,36H,8-9,16-17,20-22H2,1H3/t26-,33+/m0/s1.